The van der Waals surface area contributed by atoms with Gasteiger partial charge in [0.05, 0.1) is 16.3 Å². The van der Waals surface area contributed by atoms with Crippen molar-refractivity contribution in [2.45, 2.75) is 6.92 Å². The monoisotopic (exact) mass is 274 g/mol. The molecule has 0 atom stereocenters. The first-order chi connectivity index (χ1) is 9.49. The van der Waals surface area contributed by atoms with E-state index in [2.05, 4.69) is 15.3 Å². The molecular formula is C12H10N4O4. The highest BCUT2D eigenvalue weighted by Gasteiger charge is 2.21. The molecule has 0 saturated carbocycles. The number of hydrogen-bond donors (Lipinski definition) is 2. The minimum Gasteiger partial charge on any atom is -0.477 e. The summed E-state index contributed by atoms with van der Waals surface area (Å²) < 4.78 is 0. The molecule has 2 aromatic heterocycles. The summed E-state index contributed by atoms with van der Waals surface area (Å²) in [6, 6.07) is 4.57. The number of nitrogens with one attached hydrogen (secondary N) is 1. The van der Waals surface area contributed by atoms with Crippen LogP contribution >= 0.6 is 0 Å². The number of pyridine rings is 2. The van der Waals surface area contributed by atoms with E-state index >= 15 is 0 Å². The molecule has 2 aromatic rings. The van der Waals surface area contributed by atoms with E-state index < -0.39 is 22.1 Å². The highest BCUT2D eigenvalue weighted by Crippen LogP contribution is 2.23. The Morgan fingerprint density at radius 2 is 2.20 bits per heavy atom. The van der Waals surface area contributed by atoms with Gasteiger partial charge in [0.15, 0.2) is 0 Å². The van der Waals surface area contributed by atoms with E-state index in [4.69, 9.17) is 5.11 Å². The lowest BCUT2D eigenvalue weighted by Crippen LogP contribution is -2.05. The molecule has 2 rings (SSSR count). The second-order valence-electron chi connectivity index (χ2n) is 3.91. The number of nitro groups is 1. The van der Waals surface area contributed by atoms with Gasteiger partial charge in [0, 0.05) is 12.3 Å². The molecule has 102 valence electrons. The summed E-state index contributed by atoms with van der Waals surface area (Å²) in [6.45, 7) is 1.77. The van der Waals surface area contributed by atoms with E-state index in [0.717, 1.165) is 12.3 Å². The maximum atomic E-state index is 11.0. The summed E-state index contributed by atoms with van der Waals surface area (Å²) in [5.74, 6) is -1.19. The number of hydrogen-bond acceptors (Lipinski definition) is 6. The molecular weight excluding hydrogens is 264 g/mol. The number of carboxylic acids is 1. The second kappa shape index (κ2) is 5.31. The third-order valence-electron chi connectivity index (χ3n) is 2.58. The molecule has 0 bridgehead atoms. The molecule has 20 heavy (non-hydrogen) atoms. The van der Waals surface area contributed by atoms with Crippen LogP contribution in [0, 0.1) is 17.0 Å². The van der Waals surface area contributed by atoms with Gasteiger partial charge in [0.2, 0.25) is 0 Å². The van der Waals surface area contributed by atoms with Crippen LogP contribution in [-0.2, 0) is 0 Å². The van der Waals surface area contributed by atoms with Crippen molar-refractivity contribution in [3.8, 4) is 0 Å². The molecule has 2 N–H and O–H groups in total. The van der Waals surface area contributed by atoms with Crippen LogP contribution in [0.4, 0.5) is 17.2 Å². The van der Waals surface area contributed by atoms with Gasteiger partial charge < -0.3 is 10.4 Å². The summed E-state index contributed by atoms with van der Waals surface area (Å²) >= 11 is 0. The standard InChI is InChI=1S/C12H10N4O4/c1-7-9(3-2-4-13-7)15-11-5-8(12(17)18)10(6-14-11)16(19)20/h2-6H,1H3,(H,14,15)(H,17,18). The highest BCUT2D eigenvalue weighted by atomic mass is 16.6. The SMILES string of the molecule is Cc1ncccc1Nc1cc(C(=O)O)c([N+](=O)[O-])cn1. The number of carboxylic acid groups (broad SMARTS) is 1. The molecule has 8 heteroatoms. The normalized spacial score (nSPS) is 10.1. The first-order valence-corrected chi connectivity index (χ1v) is 5.55. The van der Waals surface area contributed by atoms with E-state index in [9.17, 15) is 14.9 Å². The summed E-state index contributed by atoms with van der Waals surface area (Å²) in [4.78, 5) is 28.9. The average Bonchev–Trinajstić information content (AvgIpc) is 2.41. The quantitative estimate of drug-likeness (QED) is 0.647. The van der Waals surface area contributed by atoms with Gasteiger partial charge in [-0.05, 0) is 19.1 Å². The molecule has 0 aliphatic rings. The van der Waals surface area contributed by atoms with Crippen LogP contribution in [0.25, 0.3) is 0 Å². The van der Waals surface area contributed by atoms with Crippen molar-refractivity contribution in [3.05, 3.63) is 52.0 Å². The Kier molecular flexibility index (Phi) is 3.56. The van der Waals surface area contributed by atoms with Gasteiger partial charge >= 0.3 is 11.7 Å². The van der Waals surface area contributed by atoms with Crippen LogP contribution in [0.1, 0.15) is 16.1 Å². The number of aromatic carboxylic acids is 1. The van der Waals surface area contributed by atoms with Crippen molar-refractivity contribution in [2.75, 3.05) is 5.32 Å². The van der Waals surface area contributed by atoms with Gasteiger partial charge in [0.25, 0.3) is 0 Å². The third kappa shape index (κ3) is 2.69. The first-order valence-electron chi connectivity index (χ1n) is 5.55. The van der Waals surface area contributed by atoms with E-state index in [0.29, 0.717) is 11.4 Å². The van der Waals surface area contributed by atoms with Crippen LogP contribution in [-0.4, -0.2) is 26.0 Å². The summed E-state index contributed by atoms with van der Waals surface area (Å²) in [5.41, 5.74) is 0.370. The third-order valence-corrected chi connectivity index (χ3v) is 2.58. The predicted octanol–water partition coefficient (Wildman–Crippen LogP) is 2.14. The maximum Gasteiger partial charge on any atom is 0.342 e. The number of rotatable bonds is 4. The van der Waals surface area contributed by atoms with Gasteiger partial charge in [-0.1, -0.05) is 0 Å². The molecule has 2 heterocycles. The Bertz CT molecular complexity index is 687. The Balaban J connectivity index is 2.40. The van der Waals surface area contributed by atoms with Gasteiger partial charge in [0.1, 0.15) is 17.6 Å². The molecule has 0 aromatic carbocycles. The molecule has 0 radical (unpaired) electrons. The Labute approximate surface area is 113 Å². The van der Waals surface area contributed by atoms with Crippen molar-refractivity contribution < 1.29 is 14.8 Å². The summed E-state index contributed by atoms with van der Waals surface area (Å²) in [7, 11) is 0. The van der Waals surface area contributed by atoms with Crippen LogP contribution in [0.5, 0.6) is 0 Å². The zero-order chi connectivity index (χ0) is 14.7. The largest absolute Gasteiger partial charge is 0.477 e. The molecule has 0 aliphatic carbocycles. The lowest BCUT2D eigenvalue weighted by molar-refractivity contribution is -0.385. The van der Waals surface area contributed by atoms with Crippen molar-refractivity contribution >= 4 is 23.2 Å². The Morgan fingerprint density at radius 1 is 1.45 bits per heavy atom. The molecule has 0 saturated heterocycles. The molecule has 0 amide bonds. The lowest BCUT2D eigenvalue weighted by atomic mass is 10.2. The molecule has 0 spiro atoms. The van der Waals surface area contributed by atoms with E-state index in [1.54, 1.807) is 25.3 Å². The van der Waals surface area contributed by atoms with Crippen LogP contribution in [0.15, 0.2) is 30.6 Å². The minimum atomic E-state index is -1.38. The Hall–Kier alpha value is -3.03. The fraction of sp³-hybridized carbons (Fsp3) is 0.0833. The predicted molar refractivity (Wildman–Crippen MR) is 70.1 cm³/mol. The summed E-state index contributed by atoms with van der Waals surface area (Å²) in [5, 5.41) is 22.6. The number of nitrogens with zero attached hydrogens (tertiary/aromatic N) is 3. The number of anilines is 2. The number of aromatic nitrogens is 2. The second-order valence-corrected chi connectivity index (χ2v) is 3.91. The van der Waals surface area contributed by atoms with E-state index in [1.165, 1.54) is 0 Å². The fourth-order valence-electron chi connectivity index (χ4n) is 1.59. The zero-order valence-corrected chi connectivity index (χ0v) is 10.4. The lowest BCUT2D eigenvalue weighted by Gasteiger charge is -2.08. The van der Waals surface area contributed by atoms with Crippen LogP contribution in [0.2, 0.25) is 0 Å². The highest BCUT2D eigenvalue weighted by molar-refractivity contribution is 5.93. The van der Waals surface area contributed by atoms with Crippen molar-refractivity contribution in [1.29, 1.82) is 0 Å². The van der Waals surface area contributed by atoms with Crippen LogP contribution < -0.4 is 5.32 Å². The Morgan fingerprint density at radius 3 is 2.80 bits per heavy atom. The van der Waals surface area contributed by atoms with Crippen molar-refractivity contribution in [1.82, 2.24) is 9.97 Å². The van der Waals surface area contributed by atoms with Gasteiger partial charge in [-0.2, -0.15) is 0 Å². The van der Waals surface area contributed by atoms with Crippen molar-refractivity contribution in [3.63, 3.8) is 0 Å². The average molecular weight is 274 g/mol. The number of aryl methyl sites for hydroxylation is 1. The van der Waals surface area contributed by atoms with Gasteiger partial charge in [-0.3, -0.25) is 15.1 Å². The molecule has 0 fully saturated rings. The molecule has 0 aliphatic heterocycles. The first kappa shape index (κ1) is 13.4. The van der Waals surface area contributed by atoms with Gasteiger partial charge in [-0.25, -0.2) is 9.78 Å². The number of carbonyl (C=O) groups is 1. The maximum absolute atomic E-state index is 11.0. The van der Waals surface area contributed by atoms with Gasteiger partial charge in [-0.15, -0.1) is 0 Å². The van der Waals surface area contributed by atoms with Crippen LogP contribution in [0.3, 0.4) is 0 Å². The zero-order valence-electron chi connectivity index (χ0n) is 10.4. The summed E-state index contributed by atoms with van der Waals surface area (Å²) in [6.07, 6.45) is 2.53. The molecule has 0 unspecified atom stereocenters. The molecule has 8 nitrogen and oxygen atoms in total. The smallest absolute Gasteiger partial charge is 0.342 e. The minimum absolute atomic E-state index is 0.198. The van der Waals surface area contributed by atoms with Crippen molar-refractivity contribution in [2.24, 2.45) is 0 Å². The topological polar surface area (TPSA) is 118 Å². The van der Waals surface area contributed by atoms with E-state index in [-0.39, 0.29) is 5.82 Å². The van der Waals surface area contributed by atoms with E-state index in [1.807, 2.05) is 0 Å². The fourth-order valence-corrected chi connectivity index (χ4v) is 1.59.